The molecule has 1 atom stereocenters. The molecule has 1 unspecified atom stereocenters. The SMILES string of the molecule is CCCC1(c2nn3c(COC)nnc3s2)CCNC1. The molecule has 2 aromatic rings. The molecule has 0 spiro atoms. The van der Waals surface area contributed by atoms with E-state index in [1.165, 1.54) is 17.8 Å². The molecule has 3 rings (SSSR count). The van der Waals surface area contributed by atoms with Crippen LogP contribution in [0.3, 0.4) is 0 Å². The van der Waals surface area contributed by atoms with E-state index in [0.29, 0.717) is 6.61 Å². The van der Waals surface area contributed by atoms with E-state index in [4.69, 9.17) is 9.84 Å². The molecule has 7 heteroatoms. The Bertz CT molecular complexity index is 557. The van der Waals surface area contributed by atoms with E-state index in [-0.39, 0.29) is 5.41 Å². The van der Waals surface area contributed by atoms with Crippen molar-refractivity contribution < 1.29 is 4.74 Å². The van der Waals surface area contributed by atoms with E-state index in [9.17, 15) is 0 Å². The summed E-state index contributed by atoms with van der Waals surface area (Å²) in [6, 6.07) is 0. The number of hydrogen-bond donors (Lipinski definition) is 1. The number of methoxy groups -OCH3 is 1. The maximum absolute atomic E-state index is 5.13. The Labute approximate surface area is 116 Å². The van der Waals surface area contributed by atoms with Crippen molar-refractivity contribution >= 4 is 16.3 Å². The minimum absolute atomic E-state index is 0.185. The molecule has 0 radical (unpaired) electrons. The van der Waals surface area contributed by atoms with E-state index in [0.717, 1.165) is 30.3 Å². The van der Waals surface area contributed by atoms with E-state index in [1.807, 2.05) is 4.52 Å². The molecule has 1 aliphatic rings. The van der Waals surface area contributed by atoms with Crippen LogP contribution in [0.5, 0.6) is 0 Å². The van der Waals surface area contributed by atoms with Crippen molar-refractivity contribution in [2.75, 3.05) is 20.2 Å². The molecular weight excluding hydrogens is 262 g/mol. The van der Waals surface area contributed by atoms with E-state index < -0.39 is 0 Å². The number of nitrogens with one attached hydrogen (secondary N) is 1. The summed E-state index contributed by atoms with van der Waals surface area (Å²) in [6.07, 6.45) is 3.50. The highest BCUT2D eigenvalue weighted by Gasteiger charge is 2.38. The van der Waals surface area contributed by atoms with Crippen molar-refractivity contribution in [2.24, 2.45) is 0 Å². The Morgan fingerprint density at radius 2 is 2.37 bits per heavy atom. The summed E-state index contributed by atoms with van der Waals surface area (Å²) >= 11 is 1.66. The summed E-state index contributed by atoms with van der Waals surface area (Å²) in [5.74, 6) is 0.776. The van der Waals surface area contributed by atoms with Gasteiger partial charge < -0.3 is 10.1 Å². The summed E-state index contributed by atoms with van der Waals surface area (Å²) in [4.78, 5) is 0.865. The lowest BCUT2D eigenvalue weighted by Gasteiger charge is -2.24. The van der Waals surface area contributed by atoms with Crippen LogP contribution in [0.25, 0.3) is 4.96 Å². The predicted molar refractivity (Wildman–Crippen MR) is 73.4 cm³/mol. The first kappa shape index (κ1) is 13.0. The Hall–Kier alpha value is -1.05. The molecule has 0 bridgehead atoms. The number of ether oxygens (including phenoxy) is 1. The summed E-state index contributed by atoms with van der Waals surface area (Å²) in [6.45, 7) is 4.77. The zero-order chi connectivity index (χ0) is 13.3. The Balaban J connectivity index is 1.99. The molecule has 19 heavy (non-hydrogen) atoms. The lowest BCUT2D eigenvalue weighted by Crippen LogP contribution is -2.29. The molecule has 0 saturated carbocycles. The Morgan fingerprint density at radius 1 is 1.47 bits per heavy atom. The molecular formula is C12H19N5OS. The van der Waals surface area contributed by atoms with Crippen LogP contribution in [0.15, 0.2) is 0 Å². The molecule has 2 aromatic heterocycles. The minimum Gasteiger partial charge on any atom is -0.377 e. The lowest BCUT2D eigenvalue weighted by atomic mass is 9.83. The van der Waals surface area contributed by atoms with Gasteiger partial charge in [-0.3, -0.25) is 0 Å². The first-order valence-corrected chi connectivity index (χ1v) is 7.52. The van der Waals surface area contributed by atoms with E-state index in [2.05, 4.69) is 22.4 Å². The van der Waals surface area contributed by atoms with Gasteiger partial charge in [-0.1, -0.05) is 24.7 Å². The average molecular weight is 281 g/mol. The second kappa shape index (κ2) is 5.15. The first-order valence-electron chi connectivity index (χ1n) is 6.70. The molecule has 104 valence electrons. The van der Waals surface area contributed by atoms with Crippen LogP contribution in [0, 0.1) is 0 Å². The third kappa shape index (κ3) is 2.15. The zero-order valence-corrected chi connectivity index (χ0v) is 12.2. The average Bonchev–Trinajstić information content (AvgIpc) is 3.06. The van der Waals surface area contributed by atoms with Crippen LogP contribution >= 0.6 is 11.3 Å². The van der Waals surface area contributed by atoms with Gasteiger partial charge in [0.1, 0.15) is 11.6 Å². The Morgan fingerprint density at radius 3 is 3.05 bits per heavy atom. The Kier molecular flexibility index (Phi) is 3.51. The van der Waals surface area contributed by atoms with E-state index >= 15 is 0 Å². The van der Waals surface area contributed by atoms with Crippen molar-refractivity contribution in [3.63, 3.8) is 0 Å². The summed E-state index contributed by atoms with van der Waals surface area (Å²) in [5.41, 5.74) is 0.185. The second-order valence-electron chi connectivity index (χ2n) is 5.11. The molecule has 1 saturated heterocycles. The highest BCUT2D eigenvalue weighted by Crippen LogP contribution is 2.37. The fraction of sp³-hybridized carbons (Fsp3) is 0.750. The van der Waals surface area contributed by atoms with Gasteiger partial charge in [-0.2, -0.15) is 9.61 Å². The van der Waals surface area contributed by atoms with Crippen LogP contribution in [-0.2, 0) is 16.8 Å². The van der Waals surface area contributed by atoms with Crippen LogP contribution < -0.4 is 5.32 Å². The molecule has 0 amide bonds. The number of aromatic nitrogens is 4. The van der Waals surface area contributed by atoms with Gasteiger partial charge in [-0.05, 0) is 19.4 Å². The zero-order valence-electron chi connectivity index (χ0n) is 11.3. The highest BCUT2D eigenvalue weighted by atomic mass is 32.1. The van der Waals surface area contributed by atoms with Gasteiger partial charge in [0, 0.05) is 19.1 Å². The van der Waals surface area contributed by atoms with Gasteiger partial charge in [-0.15, -0.1) is 10.2 Å². The van der Waals surface area contributed by atoms with Gasteiger partial charge in [0.2, 0.25) is 4.96 Å². The molecule has 0 aliphatic carbocycles. The van der Waals surface area contributed by atoms with Crippen molar-refractivity contribution in [1.29, 1.82) is 0 Å². The van der Waals surface area contributed by atoms with Crippen molar-refractivity contribution in [3.05, 3.63) is 10.8 Å². The molecule has 1 N–H and O–H groups in total. The standard InChI is InChI=1S/C12H19N5OS/c1-3-4-12(5-6-13-8-12)10-16-17-9(7-18-2)14-15-11(17)19-10/h13H,3-8H2,1-2H3. The van der Waals surface area contributed by atoms with Crippen LogP contribution in [0.2, 0.25) is 0 Å². The summed E-state index contributed by atoms with van der Waals surface area (Å²) in [5, 5.41) is 17.7. The quantitative estimate of drug-likeness (QED) is 0.896. The van der Waals surface area contributed by atoms with Crippen molar-refractivity contribution in [3.8, 4) is 0 Å². The second-order valence-corrected chi connectivity index (χ2v) is 6.06. The molecule has 0 aromatic carbocycles. The maximum atomic E-state index is 5.13. The lowest BCUT2D eigenvalue weighted by molar-refractivity contribution is 0.176. The fourth-order valence-electron chi connectivity index (χ4n) is 2.82. The van der Waals surface area contributed by atoms with Crippen LogP contribution in [0.1, 0.15) is 37.0 Å². The first-order chi connectivity index (χ1) is 9.29. The molecule has 1 aliphatic heterocycles. The largest absolute Gasteiger partial charge is 0.377 e. The van der Waals surface area contributed by atoms with Crippen molar-refractivity contribution in [1.82, 2.24) is 25.1 Å². The molecule has 1 fully saturated rings. The number of fused-ring (bicyclic) bond motifs is 1. The monoisotopic (exact) mass is 281 g/mol. The highest BCUT2D eigenvalue weighted by molar-refractivity contribution is 7.16. The van der Waals surface area contributed by atoms with Crippen molar-refractivity contribution in [2.45, 2.75) is 38.2 Å². The molecule has 6 nitrogen and oxygen atoms in total. The van der Waals surface area contributed by atoms with Gasteiger partial charge in [0.05, 0.1) is 0 Å². The van der Waals surface area contributed by atoms with Crippen LogP contribution in [-0.4, -0.2) is 40.0 Å². The van der Waals surface area contributed by atoms with Gasteiger partial charge in [-0.25, -0.2) is 0 Å². The third-order valence-electron chi connectivity index (χ3n) is 3.75. The smallest absolute Gasteiger partial charge is 0.234 e. The number of hydrogen-bond acceptors (Lipinski definition) is 6. The van der Waals surface area contributed by atoms with E-state index in [1.54, 1.807) is 18.4 Å². The third-order valence-corrected chi connectivity index (χ3v) is 4.90. The fourth-order valence-corrected chi connectivity index (χ4v) is 3.92. The molecule has 3 heterocycles. The topological polar surface area (TPSA) is 64.3 Å². The summed E-state index contributed by atoms with van der Waals surface area (Å²) < 4.78 is 6.96. The van der Waals surface area contributed by atoms with Gasteiger partial charge in [0.15, 0.2) is 5.82 Å². The normalized spacial score (nSPS) is 23.5. The van der Waals surface area contributed by atoms with Gasteiger partial charge in [0.25, 0.3) is 0 Å². The number of nitrogens with zero attached hydrogens (tertiary/aromatic N) is 4. The minimum atomic E-state index is 0.185. The maximum Gasteiger partial charge on any atom is 0.234 e. The number of rotatable bonds is 5. The predicted octanol–water partition coefficient (Wildman–Crippen LogP) is 1.36. The van der Waals surface area contributed by atoms with Crippen LogP contribution in [0.4, 0.5) is 0 Å². The summed E-state index contributed by atoms with van der Waals surface area (Å²) in [7, 11) is 1.66. The van der Waals surface area contributed by atoms with Gasteiger partial charge >= 0.3 is 0 Å².